The van der Waals surface area contributed by atoms with Crippen molar-refractivity contribution in [2.45, 2.75) is 38.5 Å². The Morgan fingerprint density at radius 1 is 1.14 bits per heavy atom. The minimum atomic E-state index is -0.887. The zero-order valence-corrected chi connectivity index (χ0v) is 16.6. The second-order valence-corrected chi connectivity index (χ2v) is 8.13. The van der Waals surface area contributed by atoms with E-state index >= 15 is 0 Å². The highest BCUT2D eigenvalue weighted by molar-refractivity contribution is 5.82. The van der Waals surface area contributed by atoms with Crippen LogP contribution in [0.4, 0.5) is 10.2 Å². The molecule has 2 aromatic heterocycles. The molecule has 4 heterocycles. The van der Waals surface area contributed by atoms with Crippen molar-refractivity contribution >= 4 is 16.7 Å². The fourth-order valence-electron chi connectivity index (χ4n) is 4.41. The third kappa shape index (κ3) is 3.26. The van der Waals surface area contributed by atoms with E-state index in [0.29, 0.717) is 31.3 Å². The van der Waals surface area contributed by atoms with Gasteiger partial charge < -0.3 is 15.3 Å². The smallest absolute Gasteiger partial charge is 0.159 e. The molecule has 0 bridgehead atoms. The number of β-amino-alcohol motifs (C(OH)–C–C–N with tert-alkyl or cyclic N) is 1. The molecule has 1 aromatic carbocycles. The lowest BCUT2D eigenvalue weighted by atomic mass is 9.85. The molecule has 8 heteroatoms. The zero-order chi connectivity index (χ0) is 20.1. The maximum atomic E-state index is 14.6. The van der Waals surface area contributed by atoms with Gasteiger partial charge >= 0.3 is 0 Å². The van der Waals surface area contributed by atoms with Gasteiger partial charge in [-0.05, 0) is 50.1 Å². The van der Waals surface area contributed by atoms with Crippen LogP contribution < -0.4 is 10.2 Å². The number of nitrogens with zero attached hydrogens (tertiary/aromatic N) is 5. The number of rotatable bonds is 3. The van der Waals surface area contributed by atoms with Gasteiger partial charge in [0.15, 0.2) is 5.82 Å². The number of benzene rings is 1. The first-order valence-electron chi connectivity index (χ1n) is 10.1. The Kier molecular flexibility index (Phi) is 4.48. The predicted molar refractivity (Wildman–Crippen MR) is 109 cm³/mol. The summed E-state index contributed by atoms with van der Waals surface area (Å²) in [5.74, 6) is 2.02. The monoisotopic (exact) mass is 396 g/mol. The summed E-state index contributed by atoms with van der Waals surface area (Å²) in [5, 5.41) is 18.3. The predicted octanol–water partition coefficient (Wildman–Crippen LogP) is 2.03. The molecule has 0 aliphatic carbocycles. The van der Waals surface area contributed by atoms with Crippen molar-refractivity contribution < 1.29 is 9.50 Å². The van der Waals surface area contributed by atoms with E-state index in [9.17, 15) is 9.50 Å². The Morgan fingerprint density at radius 2 is 1.93 bits per heavy atom. The van der Waals surface area contributed by atoms with Crippen molar-refractivity contribution in [3.8, 4) is 5.82 Å². The van der Waals surface area contributed by atoms with E-state index in [1.54, 1.807) is 4.68 Å². The van der Waals surface area contributed by atoms with Crippen LogP contribution in [0.2, 0.25) is 0 Å². The molecule has 2 saturated heterocycles. The molecule has 0 radical (unpaired) electrons. The first-order chi connectivity index (χ1) is 14.0. The fourth-order valence-corrected chi connectivity index (χ4v) is 4.41. The molecule has 0 spiro atoms. The summed E-state index contributed by atoms with van der Waals surface area (Å²) >= 11 is 0. The highest BCUT2D eigenvalue weighted by atomic mass is 19.1. The van der Waals surface area contributed by atoms with Crippen molar-refractivity contribution in [3.05, 3.63) is 41.3 Å². The largest absolute Gasteiger partial charge is 0.389 e. The SMILES string of the molecule is Cc1nc(N2CC(O)C2)cc(-n2ncc3cc(C)c([C@H]4CCNC[C@H]4F)cc32)n1. The van der Waals surface area contributed by atoms with Gasteiger partial charge in [-0.3, -0.25) is 0 Å². The van der Waals surface area contributed by atoms with E-state index in [4.69, 9.17) is 0 Å². The number of anilines is 1. The van der Waals surface area contributed by atoms with Gasteiger partial charge in [-0.1, -0.05) is 0 Å². The van der Waals surface area contributed by atoms with Crippen molar-refractivity contribution in [2.75, 3.05) is 31.1 Å². The second kappa shape index (κ2) is 7.03. The number of fused-ring (bicyclic) bond motifs is 1. The summed E-state index contributed by atoms with van der Waals surface area (Å²) in [7, 11) is 0. The highest BCUT2D eigenvalue weighted by Gasteiger charge is 2.29. The number of aryl methyl sites for hydroxylation is 2. The molecule has 2 N–H and O–H groups in total. The lowest BCUT2D eigenvalue weighted by Gasteiger charge is -2.36. The summed E-state index contributed by atoms with van der Waals surface area (Å²) in [6.07, 6.45) is 1.42. The molecule has 2 aliphatic heterocycles. The van der Waals surface area contributed by atoms with Gasteiger partial charge in [0.2, 0.25) is 0 Å². The van der Waals surface area contributed by atoms with E-state index in [0.717, 1.165) is 40.8 Å². The third-order valence-electron chi connectivity index (χ3n) is 5.98. The third-order valence-corrected chi connectivity index (χ3v) is 5.98. The number of nitrogens with one attached hydrogen (secondary N) is 1. The number of aliphatic hydroxyl groups excluding tert-OH is 1. The van der Waals surface area contributed by atoms with Gasteiger partial charge in [0.25, 0.3) is 0 Å². The molecule has 2 atom stereocenters. The molecule has 0 unspecified atom stereocenters. The Balaban J connectivity index is 1.58. The molecule has 2 aliphatic rings. The van der Waals surface area contributed by atoms with E-state index in [1.165, 1.54) is 0 Å². The number of aromatic nitrogens is 4. The summed E-state index contributed by atoms with van der Waals surface area (Å²) in [6.45, 7) is 6.28. The van der Waals surface area contributed by atoms with Crippen molar-refractivity contribution in [2.24, 2.45) is 0 Å². The van der Waals surface area contributed by atoms with E-state index < -0.39 is 6.17 Å². The summed E-state index contributed by atoms with van der Waals surface area (Å²) in [5.41, 5.74) is 3.06. The van der Waals surface area contributed by atoms with Crippen LogP contribution in [0.1, 0.15) is 29.3 Å². The molecular formula is C21H25FN6O. The number of hydrogen-bond acceptors (Lipinski definition) is 6. The van der Waals surface area contributed by atoms with Crippen LogP contribution in [0.3, 0.4) is 0 Å². The van der Waals surface area contributed by atoms with Crippen molar-refractivity contribution in [1.29, 1.82) is 0 Å². The minimum absolute atomic E-state index is 0.103. The average Bonchev–Trinajstić information content (AvgIpc) is 3.07. The van der Waals surface area contributed by atoms with Gasteiger partial charge in [-0.25, -0.2) is 19.0 Å². The lowest BCUT2D eigenvalue weighted by molar-refractivity contribution is 0.141. The number of piperidine rings is 1. The number of alkyl halides is 1. The molecule has 7 nitrogen and oxygen atoms in total. The van der Waals surface area contributed by atoms with E-state index in [-0.39, 0.29) is 12.0 Å². The van der Waals surface area contributed by atoms with Crippen LogP contribution in [0.15, 0.2) is 24.4 Å². The average molecular weight is 396 g/mol. The van der Waals surface area contributed by atoms with Crippen LogP contribution in [0.25, 0.3) is 16.7 Å². The van der Waals surface area contributed by atoms with Crippen LogP contribution in [-0.4, -0.2) is 63.3 Å². The zero-order valence-electron chi connectivity index (χ0n) is 16.6. The quantitative estimate of drug-likeness (QED) is 0.705. The maximum absolute atomic E-state index is 14.6. The Bertz CT molecular complexity index is 1060. The molecule has 152 valence electrons. The van der Waals surface area contributed by atoms with Gasteiger partial charge in [0.05, 0.1) is 17.8 Å². The molecule has 2 fully saturated rings. The minimum Gasteiger partial charge on any atom is -0.389 e. The summed E-state index contributed by atoms with van der Waals surface area (Å²) in [6, 6.07) is 6.06. The molecular weight excluding hydrogens is 371 g/mol. The molecule has 0 amide bonds. The first-order valence-corrected chi connectivity index (χ1v) is 10.1. The van der Waals surface area contributed by atoms with Crippen molar-refractivity contribution in [1.82, 2.24) is 25.1 Å². The second-order valence-electron chi connectivity index (χ2n) is 8.13. The number of aliphatic hydroxyl groups is 1. The van der Waals surface area contributed by atoms with Gasteiger partial charge in [0.1, 0.15) is 17.8 Å². The lowest BCUT2D eigenvalue weighted by Crippen LogP contribution is -2.51. The van der Waals surface area contributed by atoms with E-state index in [2.05, 4.69) is 32.5 Å². The fraction of sp³-hybridized carbons (Fsp3) is 0.476. The molecule has 3 aromatic rings. The first kappa shape index (κ1) is 18.4. The normalized spacial score (nSPS) is 22.8. The van der Waals surface area contributed by atoms with Crippen LogP contribution in [-0.2, 0) is 0 Å². The summed E-state index contributed by atoms with van der Waals surface area (Å²) < 4.78 is 16.4. The Hall–Kier alpha value is -2.58. The van der Waals surface area contributed by atoms with Gasteiger partial charge in [-0.15, -0.1) is 0 Å². The Labute approximate surface area is 168 Å². The highest BCUT2D eigenvalue weighted by Crippen LogP contribution is 2.33. The van der Waals surface area contributed by atoms with Crippen LogP contribution in [0.5, 0.6) is 0 Å². The molecule has 5 rings (SSSR count). The maximum Gasteiger partial charge on any atom is 0.159 e. The van der Waals surface area contributed by atoms with E-state index in [1.807, 2.05) is 31.0 Å². The number of hydrogen-bond donors (Lipinski definition) is 2. The standard InChI is InChI=1S/C21H25FN6O/c1-12-5-14-8-24-28(19(14)6-17(12)16-3-4-23-9-18(16)22)21-7-20(25-13(2)26-21)27-10-15(29)11-27/h5-8,15-16,18,23,29H,3-4,9-11H2,1-2H3/t16-,18-/m1/s1. The Morgan fingerprint density at radius 3 is 2.69 bits per heavy atom. The van der Waals surface area contributed by atoms with Crippen LogP contribution >= 0.6 is 0 Å². The topological polar surface area (TPSA) is 79.1 Å². The molecule has 0 saturated carbocycles. The molecule has 29 heavy (non-hydrogen) atoms. The number of halogens is 1. The van der Waals surface area contributed by atoms with Crippen molar-refractivity contribution in [3.63, 3.8) is 0 Å². The van der Waals surface area contributed by atoms with Gasteiger partial charge in [0, 0.05) is 37.0 Å². The summed E-state index contributed by atoms with van der Waals surface area (Å²) in [4.78, 5) is 11.1. The van der Waals surface area contributed by atoms with Crippen LogP contribution in [0, 0.1) is 13.8 Å². The van der Waals surface area contributed by atoms with Gasteiger partial charge in [-0.2, -0.15) is 5.10 Å².